The first-order valence-electron chi connectivity index (χ1n) is 4.66. The lowest BCUT2D eigenvalue weighted by Gasteiger charge is -2.39. The molecule has 0 aliphatic heterocycles. The first kappa shape index (κ1) is 10.4. The molecule has 0 spiro atoms. The Hall–Kier alpha value is 0.350. The van der Waals surface area contributed by atoms with Crippen molar-refractivity contribution >= 4 is 8.96 Å². The Bertz CT molecular complexity index is 149. The molecular weight excluding hydrogens is 169 g/mol. The van der Waals surface area contributed by atoms with Crippen LogP contribution in [-0.4, -0.2) is 6.04 Å². The molecular formula is C9H19NOP-. The number of nitrogens with one attached hydrogen (secondary N) is 1. The average Bonchev–Trinajstić information content (AvgIpc) is 1.82. The molecule has 1 N–H and O–H groups in total. The van der Waals surface area contributed by atoms with Crippen LogP contribution >= 0.6 is 8.96 Å². The fourth-order valence-corrected chi connectivity index (χ4v) is 2.93. The van der Waals surface area contributed by atoms with Crippen LogP contribution in [0.4, 0.5) is 0 Å². The summed E-state index contributed by atoms with van der Waals surface area (Å²) >= 11 is 0. The molecule has 12 heavy (non-hydrogen) atoms. The summed E-state index contributed by atoms with van der Waals surface area (Å²) in [6.07, 6.45) is 3.64. The van der Waals surface area contributed by atoms with Gasteiger partial charge in [0.25, 0.3) is 0 Å². The maximum atomic E-state index is 10.4. The molecule has 3 atom stereocenters. The van der Waals surface area contributed by atoms with Crippen molar-refractivity contribution in [3.63, 3.8) is 0 Å². The molecule has 2 nitrogen and oxygen atoms in total. The largest absolute Gasteiger partial charge is 0.820 e. The summed E-state index contributed by atoms with van der Waals surface area (Å²) in [4.78, 5) is 10.4. The zero-order valence-corrected chi connectivity index (χ0v) is 9.18. The highest BCUT2D eigenvalue weighted by Crippen LogP contribution is 2.38. The van der Waals surface area contributed by atoms with Crippen LogP contribution < -0.4 is 9.98 Å². The third-order valence-corrected chi connectivity index (χ3v) is 3.18. The lowest BCUT2D eigenvalue weighted by Crippen LogP contribution is -2.37. The molecule has 1 saturated carbocycles. The zero-order chi connectivity index (χ0) is 9.19. The Kier molecular flexibility index (Phi) is 3.51. The van der Waals surface area contributed by atoms with Crippen molar-refractivity contribution in [3.05, 3.63) is 0 Å². The molecule has 0 bridgehead atoms. The minimum Gasteiger partial charge on any atom is -0.820 e. The van der Waals surface area contributed by atoms with E-state index in [2.05, 4.69) is 25.9 Å². The molecule has 1 fully saturated rings. The van der Waals surface area contributed by atoms with Gasteiger partial charge in [-0.05, 0) is 30.6 Å². The Balaban J connectivity index is 2.46. The monoisotopic (exact) mass is 188 g/mol. The summed E-state index contributed by atoms with van der Waals surface area (Å²) in [5.41, 5.74) is 0.426. The topological polar surface area (TPSA) is 35.1 Å². The average molecular weight is 188 g/mol. The maximum absolute atomic E-state index is 10.4. The van der Waals surface area contributed by atoms with Gasteiger partial charge in [-0.15, -0.1) is 8.96 Å². The fourth-order valence-electron chi connectivity index (χ4n) is 2.54. The Morgan fingerprint density at radius 3 is 2.58 bits per heavy atom. The molecule has 1 aliphatic carbocycles. The van der Waals surface area contributed by atoms with Crippen LogP contribution in [0.2, 0.25) is 0 Å². The normalized spacial score (nSPS) is 36.0. The predicted molar refractivity (Wildman–Crippen MR) is 52.0 cm³/mol. The molecule has 0 aromatic rings. The van der Waals surface area contributed by atoms with E-state index in [1.54, 1.807) is 0 Å². The molecule has 1 rings (SSSR count). The molecule has 0 amide bonds. The van der Waals surface area contributed by atoms with E-state index < -0.39 is 0 Å². The molecule has 0 heterocycles. The smallest absolute Gasteiger partial charge is 0.00963 e. The minimum absolute atomic E-state index is 0.346. The quantitative estimate of drug-likeness (QED) is 0.669. The van der Waals surface area contributed by atoms with E-state index in [1.807, 2.05) is 0 Å². The second kappa shape index (κ2) is 4.04. The number of hydrogen-bond donors (Lipinski definition) is 1. The van der Waals surface area contributed by atoms with Gasteiger partial charge in [-0.3, -0.25) is 0 Å². The van der Waals surface area contributed by atoms with Gasteiger partial charge < -0.3 is 9.98 Å². The molecule has 0 aromatic carbocycles. The fraction of sp³-hybridized carbons (Fsp3) is 1.00. The van der Waals surface area contributed by atoms with E-state index in [4.69, 9.17) is 0 Å². The maximum Gasteiger partial charge on any atom is 0.00963 e. The Labute approximate surface area is 77.1 Å². The highest BCUT2D eigenvalue weighted by atomic mass is 31.1. The molecule has 0 aromatic heterocycles. The van der Waals surface area contributed by atoms with Crippen LogP contribution in [0.25, 0.3) is 0 Å². The van der Waals surface area contributed by atoms with Crippen molar-refractivity contribution < 1.29 is 4.89 Å². The van der Waals surface area contributed by atoms with Crippen molar-refractivity contribution in [1.82, 2.24) is 5.09 Å². The number of hydrogen-bond acceptors (Lipinski definition) is 2. The summed E-state index contributed by atoms with van der Waals surface area (Å²) in [6.45, 7) is 6.88. The molecule has 1 aliphatic rings. The second-order valence-electron chi connectivity index (χ2n) is 4.86. The summed E-state index contributed by atoms with van der Waals surface area (Å²) in [6, 6.07) is 0.472. The van der Waals surface area contributed by atoms with Crippen LogP contribution in [0.1, 0.15) is 40.0 Å². The van der Waals surface area contributed by atoms with Crippen molar-refractivity contribution in [2.45, 2.75) is 46.1 Å². The van der Waals surface area contributed by atoms with Gasteiger partial charge in [0.1, 0.15) is 0 Å². The van der Waals surface area contributed by atoms with Gasteiger partial charge in [-0.2, -0.15) is 0 Å². The van der Waals surface area contributed by atoms with Crippen molar-refractivity contribution in [3.8, 4) is 0 Å². The van der Waals surface area contributed by atoms with Crippen LogP contribution in [0.15, 0.2) is 0 Å². The molecule has 3 heteroatoms. The molecule has 0 saturated heterocycles. The zero-order valence-electron chi connectivity index (χ0n) is 8.18. The van der Waals surface area contributed by atoms with E-state index in [1.165, 1.54) is 12.8 Å². The van der Waals surface area contributed by atoms with Crippen LogP contribution in [0.5, 0.6) is 0 Å². The van der Waals surface area contributed by atoms with E-state index in [9.17, 15) is 4.89 Å². The summed E-state index contributed by atoms with van der Waals surface area (Å²) in [7, 11) is -0.346. The highest BCUT2D eigenvalue weighted by Gasteiger charge is 2.30. The van der Waals surface area contributed by atoms with Gasteiger partial charge >= 0.3 is 0 Å². The van der Waals surface area contributed by atoms with E-state index >= 15 is 0 Å². The van der Waals surface area contributed by atoms with Crippen LogP contribution in [0.3, 0.4) is 0 Å². The number of rotatable bonds is 2. The van der Waals surface area contributed by atoms with E-state index in [0.29, 0.717) is 11.5 Å². The predicted octanol–water partition coefficient (Wildman–Crippen LogP) is 1.66. The van der Waals surface area contributed by atoms with Gasteiger partial charge in [0, 0.05) is 6.04 Å². The van der Waals surface area contributed by atoms with Crippen LogP contribution in [-0.2, 0) is 0 Å². The lowest BCUT2D eigenvalue weighted by molar-refractivity contribution is -0.153. The summed E-state index contributed by atoms with van der Waals surface area (Å²) in [5.74, 6) is 0.766. The minimum atomic E-state index is -0.346. The third kappa shape index (κ3) is 3.01. The molecule has 0 radical (unpaired) electrons. The van der Waals surface area contributed by atoms with Gasteiger partial charge in [0.2, 0.25) is 0 Å². The standard InChI is InChI=1S/C9H19NOP/c1-7-4-8(10-12-11)6-9(2,3)5-7/h7-8,10,12H,4-6H2,1-3H3/q-1. The molecule has 3 unspecified atom stereocenters. The first-order chi connectivity index (χ1) is 5.53. The van der Waals surface area contributed by atoms with Crippen LogP contribution in [0, 0.1) is 11.3 Å². The van der Waals surface area contributed by atoms with E-state index in [-0.39, 0.29) is 8.96 Å². The second-order valence-corrected chi connectivity index (χ2v) is 5.35. The first-order valence-corrected chi connectivity index (χ1v) is 5.57. The van der Waals surface area contributed by atoms with Gasteiger partial charge in [0.05, 0.1) is 0 Å². The van der Waals surface area contributed by atoms with Crippen molar-refractivity contribution in [2.24, 2.45) is 11.3 Å². The van der Waals surface area contributed by atoms with E-state index in [0.717, 1.165) is 12.3 Å². The van der Waals surface area contributed by atoms with Gasteiger partial charge in [0.15, 0.2) is 0 Å². The highest BCUT2D eigenvalue weighted by molar-refractivity contribution is 7.26. The molecule has 72 valence electrons. The van der Waals surface area contributed by atoms with Gasteiger partial charge in [-0.25, -0.2) is 0 Å². The summed E-state index contributed by atoms with van der Waals surface area (Å²) in [5, 5.41) is 3.04. The van der Waals surface area contributed by atoms with Gasteiger partial charge in [-0.1, -0.05) is 20.8 Å². The Morgan fingerprint density at radius 2 is 2.08 bits per heavy atom. The van der Waals surface area contributed by atoms with Crippen molar-refractivity contribution in [2.75, 3.05) is 0 Å². The Morgan fingerprint density at radius 1 is 1.42 bits per heavy atom. The third-order valence-electron chi connectivity index (χ3n) is 2.65. The summed E-state index contributed by atoms with van der Waals surface area (Å²) < 4.78 is 0. The van der Waals surface area contributed by atoms with Crippen molar-refractivity contribution in [1.29, 1.82) is 0 Å². The lowest BCUT2D eigenvalue weighted by atomic mass is 9.71. The SMILES string of the molecule is CC1CC(NP[O-])CC(C)(C)C1.